The molecule has 0 bridgehead atoms. The fourth-order valence-corrected chi connectivity index (χ4v) is 2.97. The van der Waals surface area contributed by atoms with Crippen molar-refractivity contribution in [1.29, 1.82) is 0 Å². The minimum atomic E-state index is -3.55. The van der Waals surface area contributed by atoms with Crippen LogP contribution in [-0.4, -0.2) is 32.3 Å². The molecule has 1 N–H and O–H groups in total. The van der Waals surface area contributed by atoms with Gasteiger partial charge in [-0.15, -0.1) is 0 Å². The molecule has 1 aromatic rings. The first-order valence-electron chi connectivity index (χ1n) is 6.06. The smallest absolute Gasteiger partial charge is 0.240 e. The van der Waals surface area contributed by atoms with Gasteiger partial charge in [0.1, 0.15) is 0 Å². The van der Waals surface area contributed by atoms with Crippen molar-refractivity contribution < 1.29 is 13.2 Å². The number of rotatable bonds is 7. The van der Waals surface area contributed by atoms with E-state index in [0.717, 1.165) is 0 Å². The molecule has 0 heterocycles. The van der Waals surface area contributed by atoms with Crippen LogP contribution in [0.5, 0.6) is 0 Å². The molecule has 0 radical (unpaired) electrons. The number of ketones is 1. The summed E-state index contributed by atoms with van der Waals surface area (Å²) in [6.07, 6.45) is 2.29. The van der Waals surface area contributed by atoms with Crippen LogP contribution in [-0.2, 0) is 10.0 Å². The first-order valence-corrected chi connectivity index (χ1v) is 8.83. The van der Waals surface area contributed by atoms with E-state index in [1.54, 1.807) is 30.8 Å². The van der Waals surface area contributed by atoms with E-state index >= 15 is 0 Å². The van der Waals surface area contributed by atoms with Gasteiger partial charge in [0.05, 0.1) is 4.90 Å². The number of Topliss-reactive ketones (excluding diaryl/α,β-unsaturated/α-hetero) is 1. The van der Waals surface area contributed by atoms with E-state index in [0.29, 0.717) is 18.5 Å². The molecule has 0 spiro atoms. The minimum absolute atomic E-state index is 0.0606. The molecule has 0 aliphatic rings. The minimum Gasteiger partial charge on any atom is -0.294 e. The molecule has 19 heavy (non-hydrogen) atoms. The van der Waals surface area contributed by atoms with Gasteiger partial charge < -0.3 is 0 Å². The molecule has 1 atom stereocenters. The summed E-state index contributed by atoms with van der Waals surface area (Å²) in [4.78, 5) is 11.7. The molecule has 0 saturated carbocycles. The Morgan fingerprint density at radius 3 is 2.68 bits per heavy atom. The Morgan fingerprint density at radius 1 is 1.42 bits per heavy atom. The van der Waals surface area contributed by atoms with Gasteiger partial charge in [0.2, 0.25) is 10.0 Å². The van der Waals surface area contributed by atoms with Gasteiger partial charge in [0.25, 0.3) is 0 Å². The summed E-state index contributed by atoms with van der Waals surface area (Å²) < 4.78 is 26.7. The zero-order chi connectivity index (χ0) is 14.5. The third-order valence-corrected chi connectivity index (χ3v) is 5.14. The summed E-state index contributed by atoms with van der Waals surface area (Å²) in [5, 5.41) is 0.204. The lowest BCUT2D eigenvalue weighted by atomic mass is 10.1. The Hall–Kier alpha value is -0.850. The van der Waals surface area contributed by atoms with Crippen molar-refractivity contribution in [3.05, 3.63) is 29.8 Å². The molecule has 1 unspecified atom stereocenters. The summed E-state index contributed by atoms with van der Waals surface area (Å²) in [6.45, 7) is 4.07. The fourth-order valence-electron chi connectivity index (χ4n) is 1.43. The van der Waals surface area contributed by atoms with E-state index in [-0.39, 0.29) is 15.9 Å². The lowest BCUT2D eigenvalue weighted by Crippen LogP contribution is -2.29. The molecular formula is C13H19NO3S2. The van der Waals surface area contributed by atoms with Gasteiger partial charge >= 0.3 is 0 Å². The number of hydrogen-bond donors (Lipinski definition) is 1. The highest BCUT2D eigenvalue weighted by atomic mass is 32.2. The normalized spacial score (nSPS) is 13.2. The predicted octanol–water partition coefficient (Wildman–Crippen LogP) is 2.31. The maximum absolute atomic E-state index is 12.1. The van der Waals surface area contributed by atoms with Gasteiger partial charge in [-0.2, -0.15) is 11.8 Å². The van der Waals surface area contributed by atoms with Gasteiger partial charge in [-0.25, -0.2) is 13.1 Å². The van der Waals surface area contributed by atoms with Gasteiger partial charge in [0, 0.05) is 23.8 Å². The molecule has 0 saturated heterocycles. The zero-order valence-electron chi connectivity index (χ0n) is 11.3. The third kappa shape index (κ3) is 4.63. The van der Waals surface area contributed by atoms with E-state index in [4.69, 9.17) is 0 Å². The second-order valence-electron chi connectivity index (χ2n) is 4.20. The Kier molecular flexibility index (Phi) is 6.03. The van der Waals surface area contributed by atoms with Crippen LogP contribution in [0, 0.1) is 0 Å². The van der Waals surface area contributed by atoms with Crippen molar-refractivity contribution >= 4 is 27.6 Å². The molecule has 4 nitrogen and oxygen atoms in total. The van der Waals surface area contributed by atoms with Crippen molar-refractivity contribution in [1.82, 2.24) is 4.72 Å². The molecule has 106 valence electrons. The highest BCUT2D eigenvalue weighted by Crippen LogP contribution is 2.13. The lowest BCUT2D eigenvalue weighted by molar-refractivity contribution is 0.0988. The number of sulfonamides is 1. The monoisotopic (exact) mass is 301 g/mol. The standard InChI is InChI=1S/C13H19NO3S2/c1-4-13(15)11-6-5-7-12(8-11)19(16,17)14-9-10(2)18-3/h5-8,10,14H,4,9H2,1-3H3. The van der Waals surface area contributed by atoms with Crippen LogP contribution < -0.4 is 4.72 Å². The van der Waals surface area contributed by atoms with Crippen molar-refractivity contribution in [3.63, 3.8) is 0 Å². The summed E-state index contributed by atoms with van der Waals surface area (Å²) in [5.41, 5.74) is 0.434. The summed E-state index contributed by atoms with van der Waals surface area (Å²) in [7, 11) is -3.55. The quantitative estimate of drug-likeness (QED) is 0.785. The number of carbonyl (C=O) groups excluding carboxylic acids is 1. The van der Waals surface area contributed by atoms with Crippen LogP contribution in [0.3, 0.4) is 0 Å². The molecule has 6 heteroatoms. The van der Waals surface area contributed by atoms with Gasteiger partial charge in [-0.1, -0.05) is 26.0 Å². The van der Waals surface area contributed by atoms with Gasteiger partial charge in [-0.05, 0) is 18.4 Å². The van der Waals surface area contributed by atoms with Crippen molar-refractivity contribution in [3.8, 4) is 0 Å². The molecule has 0 aliphatic carbocycles. The largest absolute Gasteiger partial charge is 0.294 e. The molecule has 1 rings (SSSR count). The molecule has 1 aromatic carbocycles. The first kappa shape index (κ1) is 16.2. The summed E-state index contributed by atoms with van der Waals surface area (Å²) >= 11 is 1.59. The number of thioether (sulfide) groups is 1. The maximum atomic E-state index is 12.1. The van der Waals surface area contributed by atoms with Crippen LogP contribution in [0.2, 0.25) is 0 Å². The number of hydrogen-bond acceptors (Lipinski definition) is 4. The SMILES string of the molecule is CCC(=O)c1cccc(S(=O)(=O)NCC(C)SC)c1. The topological polar surface area (TPSA) is 63.2 Å². The van der Waals surface area contributed by atoms with Gasteiger partial charge in [-0.3, -0.25) is 4.79 Å². The Morgan fingerprint density at radius 2 is 2.11 bits per heavy atom. The zero-order valence-corrected chi connectivity index (χ0v) is 13.0. The molecule has 0 fully saturated rings. The van der Waals surface area contributed by atoms with Crippen LogP contribution in [0.4, 0.5) is 0 Å². The Labute approximate surface area is 119 Å². The number of benzene rings is 1. The van der Waals surface area contributed by atoms with Crippen LogP contribution in [0.1, 0.15) is 30.6 Å². The van der Waals surface area contributed by atoms with E-state index in [1.807, 2.05) is 13.2 Å². The number of carbonyl (C=O) groups is 1. The predicted molar refractivity (Wildman–Crippen MR) is 79.2 cm³/mol. The van der Waals surface area contributed by atoms with Crippen molar-refractivity contribution in [2.24, 2.45) is 0 Å². The van der Waals surface area contributed by atoms with Crippen molar-refractivity contribution in [2.45, 2.75) is 30.4 Å². The first-order chi connectivity index (χ1) is 8.90. The summed E-state index contributed by atoms with van der Waals surface area (Å²) in [5.74, 6) is -0.0606. The highest BCUT2D eigenvalue weighted by Gasteiger charge is 2.16. The van der Waals surface area contributed by atoms with E-state index in [9.17, 15) is 13.2 Å². The Bertz CT molecular complexity index is 541. The van der Waals surface area contributed by atoms with Crippen molar-refractivity contribution in [2.75, 3.05) is 12.8 Å². The second kappa shape index (κ2) is 7.07. The van der Waals surface area contributed by atoms with Crippen LogP contribution in [0.15, 0.2) is 29.2 Å². The van der Waals surface area contributed by atoms with Crippen LogP contribution >= 0.6 is 11.8 Å². The van der Waals surface area contributed by atoms with Crippen LogP contribution in [0.25, 0.3) is 0 Å². The third-order valence-electron chi connectivity index (χ3n) is 2.75. The fraction of sp³-hybridized carbons (Fsp3) is 0.462. The summed E-state index contributed by atoms with van der Waals surface area (Å²) in [6, 6.07) is 6.15. The molecule has 0 aliphatic heterocycles. The molecule has 0 amide bonds. The Balaban J connectivity index is 2.92. The highest BCUT2D eigenvalue weighted by molar-refractivity contribution is 7.99. The second-order valence-corrected chi connectivity index (χ2v) is 7.25. The van der Waals surface area contributed by atoms with E-state index in [2.05, 4.69) is 4.72 Å². The average molecular weight is 301 g/mol. The van der Waals surface area contributed by atoms with E-state index in [1.165, 1.54) is 12.1 Å². The lowest BCUT2D eigenvalue weighted by Gasteiger charge is -2.11. The maximum Gasteiger partial charge on any atom is 0.240 e. The number of nitrogens with one attached hydrogen (secondary N) is 1. The van der Waals surface area contributed by atoms with E-state index < -0.39 is 10.0 Å². The molecule has 0 aromatic heterocycles. The average Bonchev–Trinajstić information content (AvgIpc) is 2.44. The van der Waals surface area contributed by atoms with Gasteiger partial charge in [0.15, 0.2) is 5.78 Å². The molecular weight excluding hydrogens is 282 g/mol.